The predicted octanol–water partition coefficient (Wildman–Crippen LogP) is 4.35. The van der Waals surface area contributed by atoms with Gasteiger partial charge in [0.2, 0.25) is 5.75 Å². The lowest BCUT2D eigenvalue weighted by Gasteiger charge is -2.16. The molecular formula is C18H17BrN2O5S. The molecule has 3 rings (SSSR count). The second-order valence-electron chi connectivity index (χ2n) is 5.29. The molecule has 1 heterocycles. The van der Waals surface area contributed by atoms with Crippen LogP contribution in [-0.4, -0.2) is 39.3 Å². The van der Waals surface area contributed by atoms with Crippen LogP contribution in [0.4, 0.5) is 5.13 Å². The van der Waals surface area contributed by atoms with Crippen LogP contribution in [0, 0.1) is 0 Å². The van der Waals surface area contributed by atoms with E-state index in [0.717, 1.165) is 4.70 Å². The van der Waals surface area contributed by atoms with Crippen LogP contribution in [-0.2, 0) is 0 Å². The monoisotopic (exact) mass is 452 g/mol. The normalized spacial score (nSPS) is 10.6. The second kappa shape index (κ2) is 8.01. The first-order valence-electron chi connectivity index (χ1n) is 7.77. The number of nitrogens with one attached hydrogen (secondary N) is 1. The molecule has 0 bridgehead atoms. The highest BCUT2D eigenvalue weighted by molar-refractivity contribution is 9.10. The van der Waals surface area contributed by atoms with Gasteiger partial charge in [-0.3, -0.25) is 10.1 Å². The molecule has 1 amide bonds. The lowest BCUT2D eigenvalue weighted by atomic mass is 10.1. The Bertz CT molecular complexity index is 1010. The molecule has 1 N–H and O–H groups in total. The van der Waals surface area contributed by atoms with Crippen LogP contribution < -0.4 is 24.3 Å². The molecule has 9 heteroatoms. The number of fused-ring (bicyclic) bond motifs is 1. The number of carbonyl (C=O) groups excluding carboxylic acids is 1. The van der Waals surface area contributed by atoms with E-state index in [1.807, 2.05) is 18.2 Å². The van der Waals surface area contributed by atoms with Gasteiger partial charge in [0.1, 0.15) is 11.3 Å². The van der Waals surface area contributed by atoms with Crippen molar-refractivity contribution < 1.29 is 23.7 Å². The van der Waals surface area contributed by atoms with Gasteiger partial charge in [-0.05, 0) is 34.1 Å². The molecule has 0 radical (unpaired) electrons. The van der Waals surface area contributed by atoms with Crippen LogP contribution in [0.25, 0.3) is 10.2 Å². The molecule has 0 saturated heterocycles. The maximum Gasteiger partial charge on any atom is 0.258 e. The summed E-state index contributed by atoms with van der Waals surface area (Å²) in [6, 6.07) is 7.19. The Kier molecular flexibility index (Phi) is 5.71. The van der Waals surface area contributed by atoms with Crippen molar-refractivity contribution in [2.24, 2.45) is 0 Å². The predicted molar refractivity (Wildman–Crippen MR) is 108 cm³/mol. The number of hydrogen-bond donors (Lipinski definition) is 1. The van der Waals surface area contributed by atoms with Crippen molar-refractivity contribution in [2.75, 3.05) is 33.8 Å². The standard InChI is InChI=1S/C18H17BrN2O5S/c1-23-10-6-5-7-12-14(10)20-18(27-12)21-17(22)9-8-11(24-2)15(25-3)16(26-4)13(9)19/h5-8H,1-4H3,(H,20,21,22). The Morgan fingerprint density at radius 2 is 1.74 bits per heavy atom. The van der Waals surface area contributed by atoms with Crippen molar-refractivity contribution in [3.05, 3.63) is 34.3 Å². The van der Waals surface area contributed by atoms with E-state index >= 15 is 0 Å². The first-order valence-corrected chi connectivity index (χ1v) is 9.38. The molecule has 27 heavy (non-hydrogen) atoms. The number of thiazole rings is 1. The summed E-state index contributed by atoms with van der Waals surface area (Å²) in [5, 5.41) is 3.27. The summed E-state index contributed by atoms with van der Waals surface area (Å²) in [6.07, 6.45) is 0. The molecule has 0 unspecified atom stereocenters. The third kappa shape index (κ3) is 3.52. The topological polar surface area (TPSA) is 78.9 Å². The zero-order valence-electron chi connectivity index (χ0n) is 15.1. The average molecular weight is 453 g/mol. The summed E-state index contributed by atoms with van der Waals surface area (Å²) < 4.78 is 22.7. The molecule has 0 fully saturated rings. The molecule has 1 aromatic heterocycles. The fraction of sp³-hybridized carbons (Fsp3) is 0.222. The van der Waals surface area contributed by atoms with Crippen molar-refractivity contribution in [2.45, 2.75) is 0 Å². The molecule has 3 aromatic rings. The Hall–Kier alpha value is -2.52. The van der Waals surface area contributed by atoms with Gasteiger partial charge in [0.25, 0.3) is 5.91 Å². The molecule has 0 aliphatic heterocycles. The van der Waals surface area contributed by atoms with E-state index in [0.29, 0.717) is 43.7 Å². The third-order valence-corrected chi connectivity index (χ3v) is 5.56. The zero-order chi connectivity index (χ0) is 19.6. The van der Waals surface area contributed by atoms with E-state index < -0.39 is 0 Å². The fourth-order valence-corrected chi connectivity index (χ4v) is 4.11. The second-order valence-corrected chi connectivity index (χ2v) is 7.11. The molecule has 2 aromatic carbocycles. The Morgan fingerprint density at radius 1 is 1.04 bits per heavy atom. The third-order valence-electron chi connectivity index (χ3n) is 3.84. The summed E-state index contributed by atoms with van der Waals surface area (Å²) in [5.74, 6) is 1.44. The number of methoxy groups -OCH3 is 4. The highest BCUT2D eigenvalue weighted by Gasteiger charge is 2.23. The first-order chi connectivity index (χ1) is 13.0. The summed E-state index contributed by atoms with van der Waals surface area (Å²) in [6.45, 7) is 0. The number of nitrogens with zero attached hydrogens (tertiary/aromatic N) is 1. The Balaban J connectivity index is 1.99. The van der Waals surface area contributed by atoms with Gasteiger partial charge in [0.15, 0.2) is 16.6 Å². The minimum atomic E-state index is -0.362. The van der Waals surface area contributed by atoms with Crippen molar-refractivity contribution in [3.63, 3.8) is 0 Å². The van der Waals surface area contributed by atoms with Gasteiger partial charge >= 0.3 is 0 Å². The number of benzene rings is 2. The van der Waals surface area contributed by atoms with Crippen LogP contribution in [0.2, 0.25) is 0 Å². The van der Waals surface area contributed by atoms with Gasteiger partial charge in [-0.2, -0.15) is 0 Å². The molecular weight excluding hydrogens is 436 g/mol. The van der Waals surface area contributed by atoms with Gasteiger partial charge in [0.05, 0.1) is 43.2 Å². The van der Waals surface area contributed by atoms with Gasteiger partial charge in [-0.1, -0.05) is 17.4 Å². The number of aromatic nitrogens is 1. The smallest absolute Gasteiger partial charge is 0.258 e. The Labute approximate surface area is 168 Å². The van der Waals surface area contributed by atoms with Crippen LogP contribution in [0.5, 0.6) is 23.0 Å². The maximum absolute atomic E-state index is 12.8. The van der Waals surface area contributed by atoms with E-state index in [2.05, 4.69) is 26.2 Å². The molecule has 0 spiro atoms. The Morgan fingerprint density at radius 3 is 2.37 bits per heavy atom. The van der Waals surface area contributed by atoms with Crippen LogP contribution in [0.3, 0.4) is 0 Å². The molecule has 0 saturated carbocycles. The van der Waals surface area contributed by atoms with Crippen LogP contribution >= 0.6 is 27.3 Å². The highest BCUT2D eigenvalue weighted by Crippen LogP contribution is 2.45. The molecule has 7 nitrogen and oxygen atoms in total. The van der Waals surface area contributed by atoms with Crippen LogP contribution in [0.15, 0.2) is 28.7 Å². The van der Waals surface area contributed by atoms with E-state index in [1.165, 1.54) is 32.7 Å². The fourth-order valence-electron chi connectivity index (χ4n) is 2.59. The lowest BCUT2D eigenvalue weighted by Crippen LogP contribution is -2.13. The number of carbonyl (C=O) groups is 1. The maximum atomic E-state index is 12.8. The van der Waals surface area contributed by atoms with Gasteiger partial charge in [-0.15, -0.1) is 0 Å². The van der Waals surface area contributed by atoms with Crippen molar-refractivity contribution in [1.29, 1.82) is 0 Å². The van der Waals surface area contributed by atoms with E-state index in [9.17, 15) is 4.79 Å². The SMILES string of the molecule is COc1cc(C(=O)Nc2nc3c(OC)cccc3s2)c(Br)c(OC)c1OC. The van der Waals surface area contributed by atoms with Gasteiger partial charge < -0.3 is 18.9 Å². The molecule has 142 valence electrons. The number of ether oxygens (including phenoxy) is 4. The van der Waals surface area contributed by atoms with Crippen molar-refractivity contribution in [1.82, 2.24) is 4.98 Å². The minimum absolute atomic E-state index is 0.329. The van der Waals surface area contributed by atoms with E-state index in [1.54, 1.807) is 13.2 Å². The molecule has 0 aliphatic rings. The number of halogens is 1. The summed E-state index contributed by atoms with van der Waals surface area (Å²) in [5.41, 5.74) is 1.03. The van der Waals surface area contributed by atoms with Crippen LogP contribution in [0.1, 0.15) is 10.4 Å². The molecule has 0 aliphatic carbocycles. The minimum Gasteiger partial charge on any atom is -0.494 e. The number of anilines is 1. The zero-order valence-corrected chi connectivity index (χ0v) is 17.5. The number of para-hydroxylation sites is 1. The lowest BCUT2D eigenvalue weighted by molar-refractivity contribution is 0.102. The largest absolute Gasteiger partial charge is 0.494 e. The first kappa shape index (κ1) is 19.2. The average Bonchev–Trinajstić information content (AvgIpc) is 3.09. The number of amides is 1. The summed E-state index contributed by atoms with van der Waals surface area (Å²) in [7, 11) is 6.07. The van der Waals surface area contributed by atoms with Crippen molar-refractivity contribution in [3.8, 4) is 23.0 Å². The van der Waals surface area contributed by atoms with Crippen molar-refractivity contribution >= 4 is 48.5 Å². The highest BCUT2D eigenvalue weighted by atomic mass is 79.9. The number of rotatable bonds is 6. The van der Waals surface area contributed by atoms with E-state index in [-0.39, 0.29) is 5.91 Å². The summed E-state index contributed by atoms with van der Waals surface area (Å²) >= 11 is 4.77. The number of hydrogen-bond acceptors (Lipinski definition) is 7. The van der Waals surface area contributed by atoms with Gasteiger partial charge in [-0.25, -0.2) is 4.98 Å². The summed E-state index contributed by atoms with van der Waals surface area (Å²) in [4.78, 5) is 17.3. The molecule has 0 atom stereocenters. The quantitative estimate of drug-likeness (QED) is 0.598. The van der Waals surface area contributed by atoms with Gasteiger partial charge in [0, 0.05) is 0 Å². The van der Waals surface area contributed by atoms with E-state index in [4.69, 9.17) is 18.9 Å².